The number of aryl methyl sites for hydroxylation is 1. The van der Waals surface area contributed by atoms with Crippen LogP contribution in [0.1, 0.15) is 56.2 Å². The second-order valence-electron chi connectivity index (χ2n) is 9.15. The first-order chi connectivity index (χ1) is 16.3. The number of β-amino-alcohol motifs (C(OH)–C–C–N with tert-alkyl or cyclic N) is 1. The molecule has 34 heavy (non-hydrogen) atoms. The van der Waals surface area contributed by atoms with Crippen molar-refractivity contribution < 1.29 is 19.2 Å². The number of hydrogen-bond acceptors (Lipinski definition) is 7. The summed E-state index contributed by atoms with van der Waals surface area (Å²) in [7, 11) is 0. The number of likely N-dealkylation sites (tertiary alicyclic amines) is 1. The molecule has 0 bridgehead atoms. The number of aromatic nitrogens is 2. The maximum absolute atomic E-state index is 13.4. The van der Waals surface area contributed by atoms with Gasteiger partial charge in [0, 0.05) is 19.0 Å². The Morgan fingerprint density at radius 2 is 1.94 bits per heavy atom. The fourth-order valence-corrected chi connectivity index (χ4v) is 5.31. The van der Waals surface area contributed by atoms with Crippen molar-refractivity contribution >= 4 is 23.2 Å². The Morgan fingerprint density at radius 1 is 1.21 bits per heavy atom. The summed E-state index contributed by atoms with van der Waals surface area (Å²) in [5.41, 5.74) is 4.87. The molecule has 0 spiro atoms. The molecule has 1 aromatic carbocycles. The number of nitrogens with zero attached hydrogens (tertiary/aromatic N) is 3. The number of benzene rings is 1. The van der Waals surface area contributed by atoms with Crippen LogP contribution in [0.25, 0.3) is 10.4 Å². The molecule has 2 N–H and O–H groups in total. The molecule has 2 aromatic heterocycles. The second-order valence-corrected chi connectivity index (χ2v) is 10.0. The predicted octanol–water partition coefficient (Wildman–Crippen LogP) is 3.69. The highest BCUT2D eigenvalue weighted by molar-refractivity contribution is 7.13. The van der Waals surface area contributed by atoms with Crippen LogP contribution < -0.4 is 5.32 Å². The van der Waals surface area contributed by atoms with Crippen LogP contribution in [0.5, 0.6) is 0 Å². The quantitative estimate of drug-likeness (QED) is 0.532. The third-order valence-corrected chi connectivity index (χ3v) is 7.32. The van der Waals surface area contributed by atoms with E-state index in [0.717, 1.165) is 21.7 Å². The first kappa shape index (κ1) is 24.1. The van der Waals surface area contributed by atoms with Crippen molar-refractivity contribution in [3.8, 4) is 10.4 Å². The van der Waals surface area contributed by atoms with Gasteiger partial charge in [-0.15, -0.1) is 11.3 Å². The number of aliphatic hydroxyl groups excluding tert-OH is 1. The third kappa shape index (κ3) is 4.90. The van der Waals surface area contributed by atoms with Gasteiger partial charge in [0.15, 0.2) is 0 Å². The number of rotatable bonds is 7. The molecule has 1 aliphatic rings. The highest BCUT2D eigenvalue weighted by atomic mass is 32.1. The number of aliphatic hydroxyl groups is 1. The Hall–Kier alpha value is -3.04. The maximum Gasteiger partial charge on any atom is 0.243 e. The van der Waals surface area contributed by atoms with Crippen LogP contribution in [-0.2, 0) is 9.59 Å². The molecule has 2 amide bonds. The summed E-state index contributed by atoms with van der Waals surface area (Å²) in [6.45, 7) is 7.86. The van der Waals surface area contributed by atoms with Crippen LogP contribution in [0.3, 0.4) is 0 Å². The van der Waals surface area contributed by atoms with Gasteiger partial charge >= 0.3 is 0 Å². The van der Waals surface area contributed by atoms with E-state index >= 15 is 0 Å². The van der Waals surface area contributed by atoms with E-state index in [9.17, 15) is 14.7 Å². The molecule has 4 rings (SSSR count). The van der Waals surface area contributed by atoms with Crippen molar-refractivity contribution in [3.05, 3.63) is 59.1 Å². The lowest BCUT2D eigenvalue weighted by Crippen LogP contribution is -2.48. The van der Waals surface area contributed by atoms with Gasteiger partial charge in [0.25, 0.3) is 0 Å². The first-order valence-corrected chi connectivity index (χ1v) is 12.3. The van der Waals surface area contributed by atoms with Crippen LogP contribution in [0.2, 0.25) is 0 Å². The smallest absolute Gasteiger partial charge is 0.243 e. The number of hydrogen-bond donors (Lipinski definition) is 2. The first-order valence-electron chi connectivity index (χ1n) is 11.5. The van der Waals surface area contributed by atoms with Gasteiger partial charge in [-0.3, -0.25) is 9.59 Å². The van der Waals surface area contributed by atoms with Gasteiger partial charge in [-0.25, -0.2) is 4.98 Å². The van der Waals surface area contributed by atoms with Crippen LogP contribution in [0.4, 0.5) is 0 Å². The Bertz CT molecular complexity index is 1130. The SMILES string of the molecule is Cc1ncsc1-c1ccc([C@H](C)NC(=O)[C@@H]2C[C@@H](O)CN2C(=O)C(c2ccno2)C(C)C)cc1. The average molecular weight is 483 g/mol. The zero-order valence-electron chi connectivity index (χ0n) is 19.8. The summed E-state index contributed by atoms with van der Waals surface area (Å²) in [6.07, 6.45) is 0.957. The highest BCUT2D eigenvalue weighted by Crippen LogP contribution is 2.31. The molecule has 0 aliphatic carbocycles. The Balaban J connectivity index is 1.47. The Morgan fingerprint density at radius 3 is 2.53 bits per heavy atom. The lowest BCUT2D eigenvalue weighted by molar-refractivity contribution is -0.141. The van der Waals surface area contributed by atoms with Gasteiger partial charge in [0.2, 0.25) is 11.8 Å². The van der Waals surface area contributed by atoms with Crippen molar-refractivity contribution in [2.24, 2.45) is 5.92 Å². The minimum atomic E-state index is -0.750. The van der Waals surface area contributed by atoms with Gasteiger partial charge in [-0.2, -0.15) is 0 Å². The average Bonchev–Trinajstić information content (AvgIpc) is 3.55. The maximum atomic E-state index is 13.4. The lowest BCUT2D eigenvalue weighted by atomic mass is 9.91. The van der Waals surface area contributed by atoms with Crippen molar-refractivity contribution in [2.75, 3.05) is 6.54 Å². The van der Waals surface area contributed by atoms with E-state index in [2.05, 4.69) is 15.5 Å². The largest absolute Gasteiger partial charge is 0.391 e. The number of amides is 2. The highest BCUT2D eigenvalue weighted by Gasteiger charge is 2.43. The summed E-state index contributed by atoms with van der Waals surface area (Å²) in [5.74, 6) is -0.671. The molecular weight excluding hydrogens is 452 g/mol. The number of carbonyl (C=O) groups excluding carboxylic acids is 2. The van der Waals surface area contributed by atoms with Gasteiger partial charge in [0.05, 0.1) is 34.4 Å². The van der Waals surface area contributed by atoms with Crippen molar-refractivity contribution in [1.82, 2.24) is 20.4 Å². The normalized spacial score (nSPS) is 19.9. The van der Waals surface area contributed by atoms with Crippen LogP contribution >= 0.6 is 11.3 Å². The standard InChI is InChI=1S/C25H30N4O4S/c1-14(2)22(21-9-10-27-33-21)25(32)29-12-19(30)11-20(29)24(31)28-15(3)17-5-7-18(8-6-17)23-16(4)26-13-34-23/h5-10,13-15,19-20,22,30H,11-12H2,1-4H3,(H,28,31)/t15-,19+,20-,22?/m0/s1. The van der Waals surface area contributed by atoms with Gasteiger partial charge < -0.3 is 19.8 Å². The molecule has 1 fully saturated rings. The molecule has 1 unspecified atom stereocenters. The molecule has 4 atom stereocenters. The van der Waals surface area contributed by atoms with E-state index < -0.39 is 18.1 Å². The molecule has 3 heterocycles. The minimum absolute atomic E-state index is 0.0541. The fourth-order valence-electron chi connectivity index (χ4n) is 4.50. The number of thiazole rings is 1. The van der Waals surface area contributed by atoms with E-state index in [-0.39, 0.29) is 36.7 Å². The molecule has 1 saturated heterocycles. The van der Waals surface area contributed by atoms with Crippen molar-refractivity contribution in [3.63, 3.8) is 0 Å². The molecule has 1 aliphatic heterocycles. The number of nitrogens with one attached hydrogen (secondary N) is 1. The Labute approximate surface area is 203 Å². The predicted molar refractivity (Wildman–Crippen MR) is 129 cm³/mol. The molecule has 9 heteroatoms. The van der Waals surface area contributed by atoms with E-state index in [4.69, 9.17) is 4.52 Å². The molecule has 3 aromatic rings. The topological polar surface area (TPSA) is 109 Å². The third-order valence-electron chi connectivity index (χ3n) is 6.34. The summed E-state index contributed by atoms with van der Waals surface area (Å²) in [4.78, 5) is 33.5. The van der Waals surface area contributed by atoms with Crippen LogP contribution in [0, 0.1) is 12.8 Å². The fraction of sp³-hybridized carbons (Fsp3) is 0.440. The van der Waals surface area contributed by atoms with Gasteiger partial charge in [-0.05, 0) is 30.9 Å². The summed E-state index contributed by atoms with van der Waals surface area (Å²) >= 11 is 1.60. The Kier molecular flexibility index (Phi) is 7.13. The van der Waals surface area contributed by atoms with E-state index in [1.165, 1.54) is 11.1 Å². The summed E-state index contributed by atoms with van der Waals surface area (Å²) in [5, 5.41) is 17.0. The lowest BCUT2D eigenvalue weighted by Gasteiger charge is -2.29. The van der Waals surface area contributed by atoms with Crippen LogP contribution in [0.15, 0.2) is 46.6 Å². The van der Waals surface area contributed by atoms with Gasteiger partial charge in [-0.1, -0.05) is 43.3 Å². The molecular formula is C25H30N4O4S. The summed E-state index contributed by atoms with van der Waals surface area (Å²) in [6, 6.07) is 8.71. The molecule has 0 saturated carbocycles. The van der Waals surface area contributed by atoms with E-state index in [0.29, 0.717) is 5.76 Å². The molecule has 180 valence electrons. The summed E-state index contributed by atoms with van der Waals surface area (Å²) < 4.78 is 5.26. The van der Waals surface area contributed by atoms with E-state index in [1.807, 2.05) is 57.5 Å². The zero-order valence-corrected chi connectivity index (χ0v) is 20.6. The van der Waals surface area contributed by atoms with Crippen molar-refractivity contribution in [1.29, 1.82) is 0 Å². The van der Waals surface area contributed by atoms with Crippen molar-refractivity contribution in [2.45, 2.75) is 58.2 Å². The molecule has 8 nitrogen and oxygen atoms in total. The monoisotopic (exact) mass is 482 g/mol. The molecule has 0 radical (unpaired) electrons. The van der Waals surface area contributed by atoms with Gasteiger partial charge in [0.1, 0.15) is 17.7 Å². The zero-order chi connectivity index (χ0) is 24.4. The minimum Gasteiger partial charge on any atom is -0.391 e. The number of carbonyl (C=O) groups is 2. The second kappa shape index (κ2) is 10.1. The van der Waals surface area contributed by atoms with E-state index in [1.54, 1.807) is 17.4 Å². The van der Waals surface area contributed by atoms with Crippen LogP contribution in [-0.4, -0.2) is 50.7 Å².